The van der Waals surface area contributed by atoms with Crippen LogP contribution in [-0.2, 0) is 19.4 Å². The first-order chi connectivity index (χ1) is 12.6. The van der Waals surface area contributed by atoms with Crippen LogP contribution < -0.4 is 10.5 Å². The molecule has 1 unspecified atom stereocenters. The van der Waals surface area contributed by atoms with Gasteiger partial charge in [0.2, 0.25) is 0 Å². The van der Waals surface area contributed by atoms with E-state index in [-0.39, 0.29) is 6.10 Å². The number of aromatic nitrogens is 4. The Labute approximate surface area is 150 Å². The summed E-state index contributed by atoms with van der Waals surface area (Å²) in [4.78, 5) is 15.5. The van der Waals surface area contributed by atoms with Gasteiger partial charge in [-0.25, -0.2) is 0 Å². The monoisotopic (exact) mass is 353 g/mol. The summed E-state index contributed by atoms with van der Waals surface area (Å²) in [5, 5.41) is 8.11. The number of fused-ring (bicyclic) bond motifs is 1. The number of benzene rings is 1. The average molecular weight is 353 g/mol. The Morgan fingerprint density at radius 2 is 2.31 bits per heavy atom. The van der Waals surface area contributed by atoms with Crippen LogP contribution in [-0.4, -0.2) is 25.8 Å². The fraction of sp³-hybridized carbons (Fsp3) is 0.333. The Kier molecular flexibility index (Phi) is 4.16. The summed E-state index contributed by atoms with van der Waals surface area (Å²) < 4.78 is 13.0. The zero-order valence-corrected chi connectivity index (χ0v) is 14.4. The molecule has 0 bridgehead atoms. The third kappa shape index (κ3) is 3.30. The highest BCUT2D eigenvalue weighted by Crippen LogP contribution is 2.34. The van der Waals surface area contributed by atoms with E-state index in [9.17, 15) is 4.79 Å². The molecule has 26 heavy (non-hydrogen) atoms. The zero-order valence-electron chi connectivity index (χ0n) is 14.4. The molecule has 0 radical (unpaired) electrons. The van der Waals surface area contributed by atoms with Gasteiger partial charge in [-0.3, -0.25) is 9.48 Å². The van der Waals surface area contributed by atoms with Gasteiger partial charge >= 0.3 is 0 Å². The van der Waals surface area contributed by atoms with E-state index < -0.39 is 5.91 Å². The van der Waals surface area contributed by atoms with Crippen molar-refractivity contribution in [2.24, 2.45) is 5.73 Å². The third-order valence-electron chi connectivity index (χ3n) is 4.40. The quantitative estimate of drug-likeness (QED) is 0.751. The first kappa shape index (κ1) is 16.3. The van der Waals surface area contributed by atoms with Crippen LogP contribution in [0.15, 0.2) is 35.1 Å². The minimum atomic E-state index is -0.497. The van der Waals surface area contributed by atoms with Crippen molar-refractivity contribution in [1.29, 1.82) is 0 Å². The molecule has 4 rings (SSSR count). The summed E-state index contributed by atoms with van der Waals surface area (Å²) in [5.74, 6) is 1.45. The van der Waals surface area contributed by atoms with Crippen LogP contribution >= 0.6 is 0 Å². The number of nitrogens with zero attached hydrogens (tertiary/aromatic N) is 4. The topological polar surface area (TPSA) is 109 Å². The predicted octanol–water partition coefficient (Wildman–Crippen LogP) is 1.98. The maximum Gasteiger partial charge on any atom is 0.267 e. The van der Waals surface area contributed by atoms with Gasteiger partial charge in [0.15, 0.2) is 11.9 Å². The van der Waals surface area contributed by atoms with Gasteiger partial charge in [0.05, 0.1) is 11.8 Å². The molecule has 134 valence electrons. The molecule has 3 heterocycles. The molecule has 0 saturated heterocycles. The molecule has 3 aromatic rings. The van der Waals surface area contributed by atoms with Gasteiger partial charge in [-0.15, -0.1) is 0 Å². The number of aryl methyl sites for hydroxylation is 4. The lowest BCUT2D eigenvalue weighted by molar-refractivity contribution is 0.1000. The van der Waals surface area contributed by atoms with Crippen molar-refractivity contribution in [3.05, 3.63) is 59.0 Å². The maximum absolute atomic E-state index is 11.1. The number of hydrogen-bond acceptors (Lipinski definition) is 6. The molecule has 1 aliphatic rings. The molecule has 1 aliphatic heterocycles. The third-order valence-corrected chi connectivity index (χ3v) is 4.40. The summed E-state index contributed by atoms with van der Waals surface area (Å²) in [6.07, 6.45) is 5.08. The molecule has 8 heteroatoms. The van der Waals surface area contributed by atoms with Gasteiger partial charge < -0.3 is 15.0 Å². The van der Waals surface area contributed by atoms with Crippen molar-refractivity contribution >= 4 is 5.91 Å². The molecule has 0 aliphatic carbocycles. The average Bonchev–Trinajstić information content (AvgIpc) is 3.29. The lowest BCUT2D eigenvalue weighted by atomic mass is 10.0. The molecule has 0 spiro atoms. The number of ether oxygens (including phenoxy) is 1. The largest absolute Gasteiger partial charge is 0.480 e. The number of carbonyl (C=O) groups excluding carboxylic acids is 1. The highest BCUT2D eigenvalue weighted by molar-refractivity contribution is 5.92. The predicted molar refractivity (Wildman–Crippen MR) is 91.6 cm³/mol. The summed E-state index contributed by atoms with van der Waals surface area (Å²) >= 11 is 0. The van der Waals surface area contributed by atoms with Gasteiger partial charge in [0.25, 0.3) is 11.8 Å². The van der Waals surface area contributed by atoms with Crippen LogP contribution in [0, 0.1) is 6.92 Å². The minimum Gasteiger partial charge on any atom is -0.480 e. The molecular weight excluding hydrogens is 334 g/mol. The van der Waals surface area contributed by atoms with Crippen molar-refractivity contribution in [3.63, 3.8) is 0 Å². The first-order valence-electron chi connectivity index (χ1n) is 8.49. The fourth-order valence-electron chi connectivity index (χ4n) is 3.02. The minimum absolute atomic E-state index is 0.224. The van der Waals surface area contributed by atoms with E-state index in [1.807, 2.05) is 12.1 Å². The number of hydrogen-bond donors (Lipinski definition) is 1. The molecule has 2 aromatic heterocycles. The lowest BCUT2D eigenvalue weighted by Crippen LogP contribution is -2.15. The van der Waals surface area contributed by atoms with Crippen LogP contribution in [0.25, 0.3) is 0 Å². The highest BCUT2D eigenvalue weighted by atomic mass is 16.5. The van der Waals surface area contributed by atoms with Crippen molar-refractivity contribution in [2.45, 2.75) is 38.8 Å². The van der Waals surface area contributed by atoms with E-state index in [4.69, 9.17) is 15.0 Å². The van der Waals surface area contributed by atoms with E-state index in [2.05, 4.69) is 28.2 Å². The van der Waals surface area contributed by atoms with E-state index >= 15 is 0 Å². The second-order valence-electron chi connectivity index (χ2n) is 6.41. The van der Waals surface area contributed by atoms with Crippen LogP contribution in [0.4, 0.5) is 0 Å². The first-order valence-corrected chi connectivity index (χ1v) is 8.49. The van der Waals surface area contributed by atoms with Gasteiger partial charge in [-0.05, 0) is 31.4 Å². The Balaban J connectivity index is 1.40. The second-order valence-corrected chi connectivity index (χ2v) is 6.41. The van der Waals surface area contributed by atoms with Gasteiger partial charge in [-0.2, -0.15) is 10.1 Å². The van der Waals surface area contributed by atoms with Crippen LogP contribution in [0.2, 0.25) is 0 Å². The summed E-state index contributed by atoms with van der Waals surface area (Å²) in [6, 6.07) is 6.17. The lowest BCUT2D eigenvalue weighted by Gasteiger charge is -2.23. The Morgan fingerprint density at radius 3 is 3.12 bits per heavy atom. The SMILES string of the molecule is Cc1ccc2c(c1)CCC(c1nc(CCn3cc(C(N)=O)cn3)no1)O2. The Morgan fingerprint density at radius 1 is 1.42 bits per heavy atom. The standard InChI is InChI=1S/C18H19N5O3/c1-11-2-4-14-12(8-11)3-5-15(25-14)18-21-16(22-26-18)6-7-23-10-13(9-20-23)17(19)24/h2,4,8-10,15H,3,5-7H2,1H3,(H2,19,24). The van der Waals surface area contributed by atoms with Crippen LogP contribution in [0.5, 0.6) is 5.75 Å². The molecule has 1 aromatic carbocycles. The molecule has 8 nitrogen and oxygen atoms in total. The van der Waals surface area contributed by atoms with Crippen LogP contribution in [0.3, 0.4) is 0 Å². The van der Waals surface area contributed by atoms with E-state index in [1.54, 1.807) is 10.9 Å². The Bertz CT molecular complexity index is 946. The highest BCUT2D eigenvalue weighted by Gasteiger charge is 2.26. The van der Waals surface area contributed by atoms with E-state index in [0.717, 1.165) is 18.6 Å². The molecule has 0 saturated carbocycles. The van der Waals surface area contributed by atoms with Crippen LogP contribution in [0.1, 0.15) is 45.7 Å². The summed E-state index contributed by atoms with van der Waals surface area (Å²) in [7, 11) is 0. The number of nitrogens with two attached hydrogens (primary N) is 1. The molecule has 1 atom stereocenters. The van der Waals surface area contributed by atoms with Crippen molar-refractivity contribution < 1.29 is 14.1 Å². The van der Waals surface area contributed by atoms with Crippen molar-refractivity contribution in [3.8, 4) is 5.75 Å². The zero-order chi connectivity index (χ0) is 18.1. The molecular formula is C18H19N5O3. The fourth-order valence-corrected chi connectivity index (χ4v) is 3.02. The molecule has 2 N–H and O–H groups in total. The normalized spacial score (nSPS) is 16.1. The van der Waals surface area contributed by atoms with Gasteiger partial charge in [0.1, 0.15) is 5.75 Å². The summed E-state index contributed by atoms with van der Waals surface area (Å²) in [6.45, 7) is 2.60. The van der Waals surface area contributed by atoms with Crippen molar-refractivity contribution in [2.75, 3.05) is 0 Å². The second kappa shape index (κ2) is 6.62. The van der Waals surface area contributed by atoms with E-state index in [0.29, 0.717) is 30.2 Å². The van der Waals surface area contributed by atoms with E-state index in [1.165, 1.54) is 17.3 Å². The number of amides is 1. The smallest absolute Gasteiger partial charge is 0.267 e. The number of carbonyl (C=O) groups is 1. The molecule has 1 amide bonds. The Hall–Kier alpha value is -3.16. The number of rotatable bonds is 5. The summed E-state index contributed by atoms with van der Waals surface area (Å²) in [5.41, 5.74) is 8.03. The van der Waals surface area contributed by atoms with Crippen molar-refractivity contribution in [1.82, 2.24) is 19.9 Å². The maximum atomic E-state index is 11.1. The molecule has 0 fully saturated rings. The van der Waals surface area contributed by atoms with Gasteiger partial charge in [-0.1, -0.05) is 22.9 Å². The number of primary amides is 1. The van der Waals surface area contributed by atoms with Gasteiger partial charge in [0, 0.05) is 19.2 Å².